The monoisotopic (exact) mass is 178 g/mol. The number of alkyl halides is 1. The molecule has 0 aromatic rings. The topological polar surface area (TPSA) is 17.1 Å². The van der Waals surface area contributed by atoms with Crippen molar-refractivity contribution in [2.45, 2.75) is 24.6 Å². The second kappa shape index (κ2) is 3.40. The van der Waals surface area contributed by atoms with Gasteiger partial charge in [0, 0.05) is 11.0 Å². The molecular weight excluding hydrogens is 171 g/mol. The minimum Gasteiger partial charge on any atom is -0.276 e. The lowest BCUT2D eigenvalue weighted by atomic mass is 10.0. The highest BCUT2D eigenvalue weighted by Gasteiger charge is 2.14. The SMILES string of the molecule is O=C(Cl)C1=CCC(Cl)CC1. The van der Waals surface area contributed by atoms with Crippen molar-refractivity contribution in [3.63, 3.8) is 0 Å². The molecule has 1 aliphatic carbocycles. The highest BCUT2D eigenvalue weighted by atomic mass is 35.5. The standard InChI is InChI=1S/C7H8Cl2O/c8-6-3-1-5(2-4-6)7(9)10/h1,6H,2-4H2. The van der Waals surface area contributed by atoms with Gasteiger partial charge in [-0.3, -0.25) is 4.79 Å². The summed E-state index contributed by atoms with van der Waals surface area (Å²) in [4.78, 5) is 10.6. The molecule has 0 aliphatic heterocycles. The summed E-state index contributed by atoms with van der Waals surface area (Å²) in [6.07, 6.45) is 4.20. The number of halogens is 2. The van der Waals surface area contributed by atoms with Crippen molar-refractivity contribution in [3.05, 3.63) is 11.6 Å². The van der Waals surface area contributed by atoms with Crippen molar-refractivity contribution in [1.29, 1.82) is 0 Å². The number of allylic oxidation sites excluding steroid dienone is 2. The van der Waals surface area contributed by atoms with Crippen LogP contribution in [0, 0.1) is 0 Å². The lowest BCUT2D eigenvalue weighted by Crippen LogP contribution is -2.07. The van der Waals surface area contributed by atoms with Crippen LogP contribution in [0.3, 0.4) is 0 Å². The average Bonchev–Trinajstić information content (AvgIpc) is 1.88. The molecule has 0 spiro atoms. The van der Waals surface area contributed by atoms with E-state index >= 15 is 0 Å². The molecule has 1 atom stereocenters. The molecule has 0 radical (unpaired) electrons. The Kier molecular flexibility index (Phi) is 2.75. The van der Waals surface area contributed by atoms with Gasteiger partial charge < -0.3 is 0 Å². The largest absolute Gasteiger partial charge is 0.276 e. The van der Waals surface area contributed by atoms with Crippen molar-refractivity contribution >= 4 is 28.4 Å². The highest BCUT2D eigenvalue weighted by Crippen LogP contribution is 2.23. The quantitative estimate of drug-likeness (QED) is 0.446. The van der Waals surface area contributed by atoms with E-state index in [-0.39, 0.29) is 10.6 Å². The molecule has 0 saturated carbocycles. The van der Waals surface area contributed by atoms with Crippen LogP contribution in [0.5, 0.6) is 0 Å². The van der Waals surface area contributed by atoms with E-state index in [2.05, 4.69) is 0 Å². The van der Waals surface area contributed by atoms with Crippen LogP contribution in [0.4, 0.5) is 0 Å². The van der Waals surface area contributed by atoms with E-state index in [1.54, 1.807) is 0 Å². The maximum atomic E-state index is 10.6. The fraction of sp³-hybridized carbons (Fsp3) is 0.571. The summed E-state index contributed by atoms with van der Waals surface area (Å²) in [5.74, 6) is 0. The molecule has 0 fully saturated rings. The van der Waals surface area contributed by atoms with E-state index in [4.69, 9.17) is 23.2 Å². The van der Waals surface area contributed by atoms with Crippen LogP contribution in [-0.2, 0) is 4.79 Å². The minimum absolute atomic E-state index is 0.194. The molecular formula is C7H8Cl2O. The van der Waals surface area contributed by atoms with E-state index in [9.17, 15) is 4.79 Å². The van der Waals surface area contributed by atoms with Gasteiger partial charge in [0.1, 0.15) is 0 Å². The molecule has 0 aromatic carbocycles. The number of hydrogen-bond donors (Lipinski definition) is 0. The third-order valence-electron chi connectivity index (χ3n) is 1.60. The van der Waals surface area contributed by atoms with Crippen LogP contribution in [0.25, 0.3) is 0 Å². The molecule has 1 unspecified atom stereocenters. The average molecular weight is 179 g/mol. The molecule has 0 amide bonds. The first kappa shape index (κ1) is 8.09. The van der Waals surface area contributed by atoms with Gasteiger partial charge in [0.15, 0.2) is 0 Å². The van der Waals surface area contributed by atoms with Crippen LogP contribution < -0.4 is 0 Å². The second-order valence-corrected chi connectivity index (χ2v) is 3.34. The minimum atomic E-state index is -0.330. The Labute approximate surface area is 70.0 Å². The van der Waals surface area contributed by atoms with Crippen LogP contribution in [0.1, 0.15) is 19.3 Å². The highest BCUT2D eigenvalue weighted by molar-refractivity contribution is 6.67. The Balaban J connectivity index is 2.56. The Morgan fingerprint density at radius 2 is 2.40 bits per heavy atom. The second-order valence-electron chi connectivity index (χ2n) is 2.37. The zero-order valence-electron chi connectivity index (χ0n) is 5.44. The molecule has 1 aliphatic rings. The maximum Gasteiger partial charge on any atom is 0.248 e. The van der Waals surface area contributed by atoms with Gasteiger partial charge in [0.2, 0.25) is 5.24 Å². The normalized spacial score (nSPS) is 25.8. The summed E-state index contributed by atoms with van der Waals surface area (Å²) in [5.41, 5.74) is 0.721. The molecule has 1 nitrogen and oxygen atoms in total. The van der Waals surface area contributed by atoms with Crippen molar-refractivity contribution in [2.75, 3.05) is 0 Å². The van der Waals surface area contributed by atoms with E-state index in [0.29, 0.717) is 0 Å². The zero-order valence-corrected chi connectivity index (χ0v) is 6.95. The smallest absolute Gasteiger partial charge is 0.248 e. The number of carbonyl (C=O) groups is 1. The number of hydrogen-bond acceptors (Lipinski definition) is 1. The fourth-order valence-electron chi connectivity index (χ4n) is 0.981. The molecule has 0 saturated heterocycles. The molecule has 0 aromatic heterocycles. The van der Waals surface area contributed by atoms with Crippen molar-refractivity contribution in [3.8, 4) is 0 Å². The van der Waals surface area contributed by atoms with Crippen LogP contribution >= 0.6 is 23.2 Å². The Bertz CT molecular complexity index is 174. The first-order chi connectivity index (χ1) is 4.70. The maximum absolute atomic E-state index is 10.6. The third kappa shape index (κ3) is 1.99. The van der Waals surface area contributed by atoms with Gasteiger partial charge >= 0.3 is 0 Å². The van der Waals surface area contributed by atoms with E-state index in [1.807, 2.05) is 6.08 Å². The Morgan fingerprint density at radius 3 is 2.80 bits per heavy atom. The Morgan fingerprint density at radius 1 is 1.70 bits per heavy atom. The molecule has 0 heterocycles. The molecule has 56 valence electrons. The first-order valence-corrected chi connectivity index (χ1v) is 4.04. The van der Waals surface area contributed by atoms with Gasteiger partial charge in [-0.05, 0) is 30.9 Å². The van der Waals surface area contributed by atoms with E-state index in [0.717, 1.165) is 24.8 Å². The zero-order chi connectivity index (χ0) is 7.56. The van der Waals surface area contributed by atoms with Crippen LogP contribution in [-0.4, -0.2) is 10.6 Å². The third-order valence-corrected chi connectivity index (χ3v) is 2.24. The van der Waals surface area contributed by atoms with Crippen molar-refractivity contribution in [2.24, 2.45) is 0 Å². The summed E-state index contributed by atoms with van der Waals surface area (Å²) in [6, 6.07) is 0. The van der Waals surface area contributed by atoms with Crippen molar-refractivity contribution in [1.82, 2.24) is 0 Å². The van der Waals surface area contributed by atoms with Crippen LogP contribution in [0.15, 0.2) is 11.6 Å². The molecule has 1 rings (SSSR count). The molecule has 0 bridgehead atoms. The van der Waals surface area contributed by atoms with Gasteiger partial charge in [-0.15, -0.1) is 11.6 Å². The molecule has 10 heavy (non-hydrogen) atoms. The lowest BCUT2D eigenvalue weighted by Gasteiger charge is -2.13. The van der Waals surface area contributed by atoms with E-state index in [1.165, 1.54) is 0 Å². The summed E-state index contributed by atoms with van der Waals surface area (Å²) in [5, 5.41) is -0.136. The van der Waals surface area contributed by atoms with Gasteiger partial charge in [0.25, 0.3) is 0 Å². The lowest BCUT2D eigenvalue weighted by molar-refractivity contribution is -0.108. The predicted octanol–water partition coefficient (Wildman–Crippen LogP) is 2.47. The number of rotatable bonds is 1. The van der Waals surface area contributed by atoms with Gasteiger partial charge in [-0.25, -0.2) is 0 Å². The van der Waals surface area contributed by atoms with Gasteiger partial charge in [0.05, 0.1) is 0 Å². The predicted molar refractivity (Wildman–Crippen MR) is 42.4 cm³/mol. The van der Waals surface area contributed by atoms with Gasteiger partial charge in [-0.1, -0.05) is 6.08 Å². The molecule has 3 heteroatoms. The summed E-state index contributed by atoms with van der Waals surface area (Å²) < 4.78 is 0. The van der Waals surface area contributed by atoms with Gasteiger partial charge in [-0.2, -0.15) is 0 Å². The first-order valence-electron chi connectivity index (χ1n) is 3.23. The summed E-state index contributed by atoms with van der Waals surface area (Å²) >= 11 is 11.0. The fourth-order valence-corrected chi connectivity index (χ4v) is 1.35. The number of carbonyl (C=O) groups excluding carboxylic acids is 1. The molecule has 0 N–H and O–H groups in total. The van der Waals surface area contributed by atoms with Crippen molar-refractivity contribution < 1.29 is 4.79 Å². The summed E-state index contributed by atoms with van der Waals surface area (Å²) in [6.45, 7) is 0. The summed E-state index contributed by atoms with van der Waals surface area (Å²) in [7, 11) is 0. The van der Waals surface area contributed by atoms with Crippen LogP contribution in [0.2, 0.25) is 0 Å². The van der Waals surface area contributed by atoms with E-state index < -0.39 is 0 Å². The Hall–Kier alpha value is -0.0100.